The molecule has 0 saturated carbocycles. The smallest absolute Gasteiger partial charge is 0.305 e. The number of carboxylic acid groups (broad SMARTS) is 1. The van der Waals surface area contributed by atoms with Gasteiger partial charge in [0.25, 0.3) is 0 Å². The predicted octanol–water partition coefficient (Wildman–Crippen LogP) is 1.41. The summed E-state index contributed by atoms with van der Waals surface area (Å²) in [6.45, 7) is 3.93. The van der Waals surface area contributed by atoms with E-state index in [1.165, 1.54) is 0 Å². The van der Waals surface area contributed by atoms with Crippen LogP contribution in [0.2, 0.25) is 0 Å². The minimum absolute atomic E-state index is 0.00148. The molecule has 1 aliphatic heterocycles. The summed E-state index contributed by atoms with van der Waals surface area (Å²) in [6, 6.07) is 7.60. The van der Waals surface area contributed by atoms with Crippen LogP contribution in [0.15, 0.2) is 24.3 Å². The fraction of sp³-hybridized carbons (Fsp3) is 0.467. The molecule has 1 fully saturated rings. The van der Waals surface area contributed by atoms with Gasteiger partial charge in [-0.3, -0.25) is 9.59 Å². The van der Waals surface area contributed by atoms with Gasteiger partial charge in [-0.1, -0.05) is 17.7 Å². The minimum atomic E-state index is -0.889. The molecule has 5 nitrogen and oxygen atoms in total. The number of nitrogens with zero attached hydrogens (tertiary/aromatic N) is 1. The Morgan fingerprint density at radius 1 is 1.30 bits per heavy atom. The first-order chi connectivity index (χ1) is 9.56. The number of hydrogen-bond donors (Lipinski definition) is 2. The van der Waals surface area contributed by atoms with E-state index in [1.807, 2.05) is 31.2 Å². The lowest BCUT2D eigenvalue weighted by molar-refractivity contribution is -0.136. The summed E-state index contributed by atoms with van der Waals surface area (Å²) in [7, 11) is 0. The zero-order chi connectivity index (χ0) is 14.5. The summed E-state index contributed by atoms with van der Waals surface area (Å²) in [6.07, 6.45) is 0.434. The SMILES string of the molecule is Cc1ccc(N(CCC(=O)O)C(=O)CC2CNC2)cc1. The lowest BCUT2D eigenvalue weighted by Gasteiger charge is -2.30. The van der Waals surface area contributed by atoms with E-state index in [0.29, 0.717) is 12.3 Å². The zero-order valence-electron chi connectivity index (χ0n) is 11.6. The van der Waals surface area contributed by atoms with Crippen molar-refractivity contribution in [3.05, 3.63) is 29.8 Å². The molecule has 0 spiro atoms. The molecular weight excluding hydrogens is 256 g/mol. The van der Waals surface area contributed by atoms with Crippen molar-refractivity contribution in [1.82, 2.24) is 5.32 Å². The highest BCUT2D eigenvalue weighted by atomic mass is 16.4. The molecule has 0 atom stereocenters. The monoisotopic (exact) mass is 276 g/mol. The van der Waals surface area contributed by atoms with Gasteiger partial charge in [0.05, 0.1) is 6.42 Å². The molecule has 0 aromatic heterocycles. The molecular formula is C15H20N2O3. The topological polar surface area (TPSA) is 69.6 Å². The normalized spacial score (nSPS) is 14.7. The van der Waals surface area contributed by atoms with Crippen molar-refractivity contribution in [1.29, 1.82) is 0 Å². The average molecular weight is 276 g/mol. The molecule has 1 aliphatic rings. The van der Waals surface area contributed by atoms with Crippen molar-refractivity contribution in [2.75, 3.05) is 24.5 Å². The maximum atomic E-state index is 12.3. The third-order valence-electron chi connectivity index (χ3n) is 3.53. The van der Waals surface area contributed by atoms with E-state index in [4.69, 9.17) is 5.11 Å². The number of hydrogen-bond acceptors (Lipinski definition) is 3. The maximum Gasteiger partial charge on any atom is 0.305 e. The molecule has 1 heterocycles. The third-order valence-corrected chi connectivity index (χ3v) is 3.53. The number of carbonyl (C=O) groups is 2. The molecule has 2 N–H and O–H groups in total. The fourth-order valence-corrected chi connectivity index (χ4v) is 2.18. The van der Waals surface area contributed by atoms with Crippen LogP contribution in [0.3, 0.4) is 0 Å². The standard InChI is InChI=1S/C15H20N2O3/c1-11-2-4-13(5-3-11)17(7-6-15(19)20)14(18)8-12-9-16-10-12/h2-5,12,16H,6-10H2,1H3,(H,19,20). The Labute approximate surface area is 118 Å². The Kier molecular flexibility index (Phi) is 4.74. The van der Waals surface area contributed by atoms with Crippen molar-refractivity contribution in [2.45, 2.75) is 19.8 Å². The molecule has 5 heteroatoms. The molecule has 108 valence electrons. The van der Waals surface area contributed by atoms with Crippen LogP contribution in [0, 0.1) is 12.8 Å². The highest BCUT2D eigenvalue weighted by Crippen LogP contribution is 2.19. The summed E-state index contributed by atoms with van der Waals surface area (Å²) < 4.78 is 0. The van der Waals surface area contributed by atoms with Crippen LogP contribution in [-0.2, 0) is 9.59 Å². The number of benzene rings is 1. The minimum Gasteiger partial charge on any atom is -0.481 e. The Bertz CT molecular complexity index is 480. The van der Waals surface area contributed by atoms with E-state index in [9.17, 15) is 9.59 Å². The molecule has 20 heavy (non-hydrogen) atoms. The second-order valence-corrected chi connectivity index (χ2v) is 5.25. The molecule has 1 saturated heterocycles. The lowest BCUT2D eigenvalue weighted by Crippen LogP contribution is -2.45. The number of nitrogens with one attached hydrogen (secondary N) is 1. The number of aliphatic carboxylic acids is 1. The van der Waals surface area contributed by atoms with Crippen LogP contribution in [0.4, 0.5) is 5.69 Å². The number of carbonyl (C=O) groups excluding carboxylic acids is 1. The van der Waals surface area contributed by atoms with E-state index in [-0.39, 0.29) is 18.9 Å². The van der Waals surface area contributed by atoms with Gasteiger partial charge < -0.3 is 15.3 Å². The van der Waals surface area contributed by atoms with Crippen LogP contribution in [0.1, 0.15) is 18.4 Å². The second-order valence-electron chi connectivity index (χ2n) is 5.25. The predicted molar refractivity (Wildman–Crippen MR) is 76.8 cm³/mol. The van der Waals surface area contributed by atoms with Gasteiger partial charge in [-0.15, -0.1) is 0 Å². The number of amides is 1. The Balaban J connectivity index is 2.07. The van der Waals surface area contributed by atoms with E-state index in [1.54, 1.807) is 4.90 Å². The molecule has 1 aromatic carbocycles. The van der Waals surface area contributed by atoms with Crippen LogP contribution in [0.25, 0.3) is 0 Å². The van der Waals surface area contributed by atoms with Crippen molar-refractivity contribution in [3.63, 3.8) is 0 Å². The second kappa shape index (κ2) is 6.52. The van der Waals surface area contributed by atoms with Crippen LogP contribution in [0.5, 0.6) is 0 Å². The highest BCUT2D eigenvalue weighted by Gasteiger charge is 2.24. The van der Waals surface area contributed by atoms with Gasteiger partial charge in [-0.25, -0.2) is 0 Å². The average Bonchev–Trinajstić information content (AvgIpc) is 2.36. The molecule has 0 radical (unpaired) electrons. The van der Waals surface area contributed by atoms with E-state index in [2.05, 4.69) is 5.32 Å². The fourth-order valence-electron chi connectivity index (χ4n) is 2.18. The van der Waals surface area contributed by atoms with Gasteiger partial charge in [-0.2, -0.15) is 0 Å². The highest BCUT2D eigenvalue weighted by molar-refractivity contribution is 5.94. The summed E-state index contributed by atoms with van der Waals surface area (Å²) in [5.41, 5.74) is 1.89. The van der Waals surface area contributed by atoms with Crippen LogP contribution >= 0.6 is 0 Å². The summed E-state index contributed by atoms with van der Waals surface area (Å²) in [5.74, 6) is -0.512. The zero-order valence-corrected chi connectivity index (χ0v) is 11.6. The first-order valence-corrected chi connectivity index (χ1v) is 6.86. The largest absolute Gasteiger partial charge is 0.481 e. The first-order valence-electron chi connectivity index (χ1n) is 6.86. The van der Waals surface area contributed by atoms with Gasteiger partial charge in [0.2, 0.25) is 5.91 Å². The van der Waals surface area contributed by atoms with Crippen LogP contribution < -0.4 is 10.2 Å². The van der Waals surface area contributed by atoms with Crippen molar-refractivity contribution < 1.29 is 14.7 Å². The molecule has 2 rings (SSSR count). The van der Waals surface area contributed by atoms with E-state index >= 15 is 0 Å². The van der Waals surface area contributed by atoms with Gasteiger partial charge >= 0.3 is 5.97 Å². The molecule has 0 aliphatic carbocycles. The first kappa shape index (κ1) is 14.5. The van der Waals surface area contributed by atoms with Gasteiger partial charge in [0.1, 0.15) is 0 Å². The maximum absolute atomic E-state index is 12.3. The van der Waals surface area contributed by atoms with E-state index in [0.717, 1.165) is 24.3 Å². The number of carboxylic acids is 1. The van der Waals surface area contributed by atoms with E-state index < -0.39 is 5.97 Å². The summed E-state index contributed by atoms with van der Waals surface area (Å²) >= 11 is 0. The molecule has 1 amide bonds. The molecule has 0 unspecified atom stereocenters. The Morgan fingerprint density at radius 3 is 2.45 bits per heavy atom. The number of aryl methyl sites for hydroxylation is 1. The van der Waals surface area contributed by atoms with Gasteiger partial charge in [0, 0.05) is 18.7 Å². The number of anilines is 1. The number of rotatable bonds is 6. The van der Waals surface area contributed by atoms with Gasteiger partial charge in [0.15, 0.2) is 0 Å². The summed E-state index contributed by atoms with van der Waals surface area (Å²) in [4.78, 5) is 24.7. The lowest BCUT2D eigenvalue weighted by atomic mass is 9.98. The molecule has 0 bridgehead atoms. The Hall–Kier alpha value is -1.88. The van der Waals surface area contributed by atoms with Gasteiger partial charge in [-0.05, 0) is 38.1 Å². The quantitative estimate of drug-likeness (QED) is 0.824. The Morgan fingerprint density at radius 2 is 1.95 bits per heavy atom. The van der Waals surface area contributed by atoms with Crippen LogP contribution in [-0.4, -0.2) is 36.6 Å². The molecule has 1 aromatic rings. The van der Waals surface area contributed by atoms with Crippen molar-refractivity contribution in [3.8, 4) is 0 Å². The van der Waals surface area contributed by atoms with Crippen molar-refractivity contribution >= 4 is 17.6 Å². The third kappa shape index (κ3) is 3.81. The summed E-state index contributed by atoms with van der Waals surface area (Å²) in [5, 5.41) is 12.0. The van der Waals surface area contributed by atoms with Crippen molar-refractivity contribution in [2.24, 2.45) is 5.92 Å².